The van der Waals surface area contributed by atoms with Gasteiger partial charge in [0.15, 0.2) is 0 Å². The number of nitriles is 1. The third-order valence-electron chi connectivity index (χ3n) is 3.93. The Morgan fingerprint density at radius 3 is 2.52 bits per heavy atom. The Labute approximate surface area is 164 Å². The van der Waals surface area contributed by atoms with Gasteiger partial charge in [-0.1, -0.05) is 37.1 Å². The Morgan fingerprint density at radius 2 is 1.93 bits per heavy atom. The van der Waals surface area contributed by atoms with E-state index in [-0.39, 0.29) is 5.57 Å². The molecule has 0 bridgehead atoms. The minimum atomic E-state index is -0.522. The number of ether oxygens (including phenoxy) is 1. The molecule has 0 saturated heterocycles. The smallest absolute Gasteiger partial charge is 0.267 e. The monoisotopic (exact) mass is 383 g/mol. The second-order valence-corrected chi connectivity index (χ2v) is 6.33. The molecule has 0 atom stereocenters. The number of halogens is 1. The standard InChI is InChI=1S/C21H22ClN3O2/c1-3-4-5-15-6-8-17(9-7-15)24-14-16(13-23)21(26)25-18-10-11-20(27-2)19(22)12-18/h6-12,14,24H,3-5H2,1-2H3,(H,25,26)/b16-14-. The van der Waals surface area contributed by atoms with Crippen LogP contribution in [0.3, 0.4) is 0 Å². The topological polar surface area (TPSA) is 74.2 Å². The summed E-state index contributed by atoms with van der Waals surface area (Å²) in [5, 5.41) is 15.3. The van der Waals surface area contributed by atoms with Gasteiger partial charge in [0.2, 0.25) is 0 Å². The molecule has 0 aliphatic rings. The van der Waals surface area contributed by atoms with Crippen LogP contribution in [0.2, 0.25) is 5.02 Å². The van der Waals surface area contributed by atoms with E-state index in [1.807, 2.05) is 30.3 Å². The zero-order valence-corrected chi connectivity index (χ0v) is 16.1. The largest absolute Gasteiger partial charge is 0.495 e. The lowest BCUT2D eigenvalue weighted by Crippen LogP contribution is -2.14. The van der Waals surface area contributed by atoms with E-state index in [4.69, 9.17) is 16.3 Å². The molecule has 0 spiro atoms. The summed E-state index contributed by atoms with van der Waals surface area (Å²) in [6, 6.07) is 14.7. The van der Waals surface area contributed by atoms with Crippen molar-refractivity contribution in [2.75, 3.05) is 17.7 Å². The average Bonchev–Trinajstić information content (AvgIpc) is 2.68. The maximum absolute atomic E-state index is 12.3. The summed E-state index contributed by atoms with van der Waals surface area (Å²) in [5.74, 6) is -0.0134. The average molecular weight is 384 g/mol. The third-order valence-corrected chi connectivity index (χ3v) is 4.23. The van der Waals surface area contributed by atoms with Gasteiger partial charge in [0, 0.05) is 17.6 Å². The van der Waals surface area contributed by atoms with Gasteiger partial charge in [0.1, 0.15) is 17.4 Å². The van der Waals surface area contributed by atoms with E-state index in [2.05, 4.69) is 17.6 Å². The number of unbranched alkanes of at least 4 members (excludes halogenated alkanes) is 1. The number of amides is 1. The molecular weight excluding hydrogens is 362 g/mol. The minimum absolute atomic E-state index is 0.0444. The van der Waals surface area contributed by atoms with E-state index < -0.39 is 5.91 Å². The normalized spacial score (nSPS) is 10.8. The highest BCUT2D eigenvalue weighted by Crippen LogP contribution is 2.27. The van der Waals surface area contributed by atoms with E-state index in [1.54, 1.807) is 18.2 Å². The molecule has 1 amide bonds. The molecule has 27 heavy (non-hydrogen) atoms. The molecule has 140 valence electrons. The van der Waals surface area contributed by atoms with Crippen LogP contribution in [0, 0.1) is 11.3 Å². The number of hydrogen-bond acceptors (Lipinski definition) is 4. The fraction of sp³-hybridized carbons (Fsp3) is 0.238. The Kier molecular flexibility index (Phi) is 7.72. The van der Waals surface area contributed by atoms with Crippen LogP contribution in [0.4, 0.5) is 11.4 Å². The van der Waals surface area contributed by atoms with Gasteiger partial charge >= 0.3 is 0 Å². The van der Waals surface area contributed by atoms with Gasteiger partial charge in [-0.15, -0.1) is 0 Å². The molecule has 5 nitrogen and oxygen atoms in total. The van der Waals surface area contributed by atoms with E-state index in [9.17, 15) is 10.1 Å². The SMILES string of the molecule is CCCCc1ccc(N/C=C(/C#N)C(=O)Nc2ccc(OC)c(Cl)c2)cc1. The molecule has 0 heterocycles. The van der Waals surface area contributed by atoms with E-state index in [0.29, 0.717) is 16.5 Å². The second-order valence-electron chi connectivity index (χ2n) is 5.92. The van der Waals surface area contributed by atoms with Crippen LogP contribution in [0.25, 0.3) is 0 Å². The van der Waals surface area contributed by atoms with Crippen LogP contribution >= 0.6 is 11.6 Å². The number of carbonyl (C=O) groups excluding carboxylic acids is 1. The maximum Gasteiger partial charge on any atom is 0.267 e. The molecule has 2 rings (SSSR count). The number of methoxy groups -OCH3 is 1. The number of benzene rings is 2. The van der Waals surface area contributed by atoms with Gasteiger partial charge in [-0.3, -0.25) is 4.79 Å². The number of hydrogen-bond donors (Lipinski definition) is 2. The predicted octanol–water partition coefficient (Wildman–Crippen LogP) is 5.15. The minimum Gasteiger partial charge on any atom is -0.495 e. The van der Waals surface area contributed by atoms with Crippen LogP contribution in [-0.2, 0) is 11.2 Å². The van der Waals surface area contributed by atoms with Crippen molar-refractivity contribution in [1.29, 1.82) is 5.26 Å². The Morgan fingerprint density at radius 1 is 1.22 bits per heavy atom. The van der Waals surface area contributed by atoms with E-state index >= 15 is 0 Å². The van der Waals surface area contributed by atoms with Crippen molar-refractivity contribution in [3.8, 4) is 11.8 Å². The van der Waals surface area contributed by atoms with Crippen LogP contribution in [0.5, 0.6) is 5.75 Å². The number of rotatable bonds is 8. The Balaban J connectivity index is 2.01. The summed E-state index contributed by atoms with van der Waals surface area (Å²) in [7, 11) is 1.51. The summed E-state index contributed by atoms with van der Waals surface area (Å²) in [6.45, 7) is 2.16. The van der Waals surface area contributed by atoms with Crippen molar-refractivity contribution < 1.29 is 9.53 Å². The quantitative estimate of drug-likeness (QED) is 0.488. The predicted molar refractivity (Wildman–Crippen MR) is 109 cm³/mol. The summed E-state index contributed by atoms with van der Waals surface area (Å²) >= 11 is 6.04. The van der Waals surface area contributed by atoms with Crippen molar-refractivity contribution in [3.63, 3.8) is 0 Å². The maximum atomic E-state index is 12.3. The fourth-order valence-electron chi connectivity index (χ4n) is 2.40. The van der Waals surface area contributed by atoms with Crippen LogP contribution in [0.1, 0.15) is 25.3 Å². The second kappa shape index (κ2) is 10.2. The van der Waals surface area contributed by atoms with Gasteiger partial charge in [-0.25, -0.2) is 0 Å². The van der Waals surface area contributed by atoms with Crippen molar-refractivity contribution in [3.05, 3.63) is 64.8 Å². The van der Waals surface area contributed by atoms with Gasteiger partial charge in [0.25, 0.3) is 5.91 Å². The molecule has 0 saturated carbocycles. The van der Waals surface area contributed by atoms with Gasteiger partial charge in [-0.2, -0.15) is 5.26 Å². The number of aryl methyl sites for hydroxylation is 1. The van der Waals surface area contributed by atoms with Crippen molar-refractivity contribution in [1.82, 2.24) is 0 Å². The number of nitrogens with zero attached hydrogens (tertiary/aromatic N) is 1. The molecular formula is C21H22ClN3O2. The fourth-order valence-corrected chi connectivity index (χ4v) is 2.65. The van der Waals surface area contributed by atoms with Crippen LogP contribution in [0.15, 0.2) is 54.2 Å². The number of nitrogens with one attached hydrogen (secondary N) is 2. The number of anilines is 2. The van der Waals surface area contributed by atoms with E-state index in [1.165, 1.54) is 18.9 Å². The van der Waals surface area contributed by atoms with Crippen molar-refractivity contribution in [2.45, 2.75) is 26.2 Å². The third kappa shape index (κ3) is 6.05. The molecule has 0 unspecified atom stereocenters. The first-order chi connectivity index (χ1) is 13.1. The van der Waals surface area contributed by atoms with Crippen LogP contribution < -0.4 is 15.4 Å². The van der Waals surface area contributed by atoms with Crippen molar-refractivity contribution >= 4 is 28.9 Å². The summed E-state index contributed by atoms with van der Waals surface area (Å²) in [6.07, 6.45) is 4.74. The summed E-state index contributed by atoms with van der Waals surface area (Å²) < 4.78 is 5.07. The van der Waals surface area contributed by atoms with Crippen molar-refractivity contribution in [2.24, 2.45) is 0 Å². The lowest BCUT2D eigenvalue weighted by Gasteiger charge is -2.08. The molecule has 2 N–H and O–H groups in total. The summed E-state index contributed by atoms with van der Waals surface area (Å²) in [4.78, 5) is 12.3. The first kappa shape index (κ1) is 20.3. The lowest BCUT2D eigenvalue weighted by molar-refractivity contribution is -0.112. The lowest BCUT2D eigenvalue weighted by atomic mass is 10.1. The Bertz CT molecular complexity index is 855. The van der Waals surface area contributed by atoms with Gasteiger partial charge < -0.3 is 15.4 Å². The summed E-state index contributed by atoms with van der Waals surface area (Å²) in [5.41, 5.74) is 2.51. The molecule has 0 aliphatic heterocycles. The highest BCUT2D eigenvalue weighted by atomic mass is 35.5. The zero-order valence-electron chi connectivity index (χ0n) is 15.4. The molecule has 0 aliphatic carbocycles. The Hall–Kier alpha value is -2.97. The molecule has 0 radical (unpaired) electrons. The highest BCUT2D eigenvalue weighted by Gasteiger charge is 2.10. The molecule has 0 aromatic heterocycles. The highest BCUT2D eigenvalue weighted by molar-refractivity contribution is 6.32. The van der Waals surface area contributed by atoms with Gasteiger partial charge in [0.05, 0.1) is 12.1 Å². The van der Waals surface area contributed by atoms with Crippen LogP contribution in [-0.4, -0.2) is 13.0 Å². The first-order valence-electron chi connectivity index (χ1n) is 8.68. The van der Waals surface area contributed by atoms with Gasteiger partial charge in [-0.05, 0) is 48.7 Å². The molecule has 2 aromatic carbocycles. The molecule has 6 heteroatoms. The first-order valence-corrected chi connectivity index (χ1v) is 9.05. The molecule has 2 aromatic rings. The zero-order chi connectivity index (χ0) is 19.6. The molecule has 0 fully saturated rings. The van der Waals surface area contributed by atoms with E-state index in [0.717, 1.165) is 24.9 Å². The number of carbonyl (C=O) groups is 1.